The molecular formula is C17H19NO4. The zero-order valence-corrected chi connectivity index (χ0v) is 12.7. The molecule has 1 aromatic carbocycles. The molecule has 2 rings (SSSR count). The van der Waals surface area contributed by atoms with E-state index < -0.39 is 17.6 Å². The number of nitrogens with zero attached hydrogens (tertiary/aromatic N) is 1. The highest BCUT2D eigenvalue weighted by Gasteiger charge is 2.19. The number of ether oxygens (including phenoxy) is 1. The first-order valence-electron chi connectivity index (χ1n) is 7.15. The number of hydrogen-bond acceptors (Lipinski definition) is 3. The summed E-state index contributed by atoms with van der Waals surface area (Å²) >= 11 is 0. The van der Waals surface area contributed by atoms with E-state index >= 15 is 0 Å². The Kier molecular flexibility index (Phi) is 4.99. The first-order valence-corrected chi connectivity index (χ1v) is 7.15. The van der Waals surface area contributed by atoms with E-state index in [1.54, 1.807) is 19.1 Å². The monoisotopic (exact) mass is 301 g/mol. The van der Waals surface area contributed by atoms with Crippen LogP contribution in [0.4, 0.5) is 0 Å². The number of carboxylic acid groups (broad SMARTS) is 1. The van der Waals surface area contributed by atoms with Crippen molar-refractivity contribution in [2.45, 2.75) is 32.9 Å². The maximum absolute atomic E-state index is 12.4. The number of aliphatic carboxylic acids is 1. The van der Waals surface area contributed by atoms with Crippen LogP contribution >= 0.6 is 0 Å². The summed E-state index contributed by atoms with van der Waals surface area (Å²) in [5, 5.41) is 9.19. The van der Waals surface area contributed by atoms with E-state index in [-0.39, 0.29) is 12.4 Å². The van der Waals surface area contributed by atoms with Crippen LogP contribution in [-0.4, -0.2) is 15.6 Å². The molecule has 0 aliphatic rings. The maximum atomic E-state index is 12.4. The van der Waals surface area contributed by atoms with E-state index in [4.69, 9.17) is 4.74 Å². The molecule has 1 N–H and O–H groups in total. The summed E-state index contributed by atoms with van der Waals surface area (Å²) in [6.45, 7) is 3.97. The highest BCUT2D eigenvalue weighted by Crippen LogP contribution is 2.14. The molecular weight excluding hydrogens is 282 g/mol. The zero-order chi connectivity index (χ0) is 16.1. The van der Waals surface area contributed by atoms with Gasteiger partial charge in [-0.15, -0.1) is 0 Å². The molecule has 0 aliphatic carbocycles. The van der Waals surface area contributed by atoms with Gasteiger partial charge in [-0.25, -0.2) is 4.79 Å². The summed E-state index contributed by atoms with van der Waals surface area (Å²) in [5.41, 5.74) is 1.64. The lowest BCUT2D eigenvalue weighted by atomic mass is 10.1. The molecule has 1 atom stereocenters. The van der Waals surface area contributed by atoms with Crippen molar-refractivity contribution in [3.05, 3.63) is 64.1 Å². The second-order valence-corrected chi connectivity index (χ2v) is 5.06. The molecule has 0 aliphatic heterocycles. The number of rotatable bonds is 6. The first-order chi connectivity index (χ1) is 10.5. The van der Waals surface area contributed by atoms with Crippen LogP contribution in [0.3, 0.4) is 0 Å². The Morgan fingerprint density at radius 2 is 2.00 bits per heavy atom. The minimum atomic E-state index is -1.03. The molecule has 1 aromatic heterocycles. The second kappa shape index (κ2) is 6.93. The van der Waals surface area contributed by atoms with Gasteiger partial charge in [-0.2, -0.15) is 0 Å². The van der Waals surface area contributed by atoms with Crippen molar-refractivity contribution in [1.82, 2.24) is 4.57 Å². The molecule has 0 saturated carbocycles. The van der Waals surface area contributed by atoms with Crippen molar-refractivity contribution < 1.29 is 14.6 Å². The normalized spacial score (nSPS) is 11.9. The third-order valence-corrected chi connectivity index (χ3v) is 3.59. The fourth-order valence-corrected chi connectivity index (χ4v) is 2.26. The van der Waals surface area contributed by atoms with Gasteiger partial charge in [-0.1, -0.05) is 31.2 Å². The molecule has 0 bridgehead atoms. The van der Waals surface area contributed by atoms with Gasteiger partial charge in [-0.05, 0) is 36.6 Å². The summed E-state index contributed by atoms with van der Waals surface area (Å²) in [7, 11) is 0. The van der Waals surface area contributed by atoms with Crippen LogP contribution in [0.1, 0.15) is 30.5 Å². The summed E-state index contributed by atoms with van der Waals surface area (Å²) in [6, 6.07) is 10.1. The van der Waals surface area contributed by atoms with Gasteiger partial charge in [0.25, 0.3) is 5.56 Å². The number of hydrogen-bond donors (Lipinski definition) is 1. The molecule has 5 nitrogen and oxygen atoms in total. The summed E-state index contributed by atoms with van der Waals surface area (Å²) in [6.07, 6.45) is 1.81. The van der Waals surface area contributed by atoms with Gasteiger partial charge >= 0.3 is 5.97 Å². The lowest BCUT2D eigenvalue weighted by molar-refractivity contribution is -0.141. The Morgan fingerprint density at radius 3 is 2.64 bits per heavy atom. The third kappa shape index (κ3) is 3.36. The second-order valence-electron chi connectivity index (χ2n) is 5.06. The SMILES string of the molecule is CCC(C(=O)O)n1cccc(OCc2ccccc2C)c1=O. The third-order valence-electron chi connectivity index (χ3n) is 3.59. The van der Waals surface area contributed by atoms with E-state index in [1.807, 2.05) is 31.2 Å². The van der Waals surface area contributed by atoms with E-state index in [0.717, 1.165) is 11.1 Å². The number of aromatic nitrogens is 1. The van der Waals surface area contributed by atoms with Crippen LogP contribution in [-0.2, 0) is 11.4 Å². The number of aryl methyl sites for hydroxylation is 1. The van der Waals surface area contributed by atoms with E-state index in [2.05, 4.69) is 0 Å². The molecule has 0 amide bonds. The Hall–Kier alpha value is -2.56. The molecule has 116 valence electrons. The molecule has 1 unspecified atom stereocenters. The van der Waals surface area contributed by atoms with Crippen LogP contribution in [0.2, 0.25) is 0 Å². The fourth-order valence-electron chi connectivity index (χ4n) is 2.26. The number of carbonyl (C=O) groups is 1. The van der Waals surface area contributed by atoms with Crippen molar-refractivity contribution in [3.8, 4) is 5.75 Å². The Labute approximate surface area is 128 Å². The van der Waals surface area contributed by atoms with Crippen LogP contribution in [0.5, 0.6) is 5.75 Å². The first kappa shape index (κ1) is 15.8. The quantitative estimate of drug-likeness (QED) is 0.890. The molecule has 0 fully saturated rings. The van der Waals surface area contributed by atoms with E-state index in [9.17, 15) is 14.7 Å². The average Bonchev–Trinajstić information content (AvgIpc) is 2.49. The van der Waals surface area contributed by atoms with Crippen molar-refractivity contribution >= 4 is 5.97 Å². The summed E-state index contributed by atoms with van der Waals surface area (Å²) in [4.78, 5) is 23.6. The summed E-state index contributed by atoms with van der Waals surface area (Å²) in [5.74, 6) is -0.869. The highest BCUT2D eigenvalue weighted by molar-refractivity contribution is 5.71. The molecule has 2 aromatic rings. The predicted octanol–water partition coefficient (Wildman–Crippen LogP) is 2.77. The molecule has 5 heteroatoms. The molecule has 0 spiro atoms. The average molecular weight is 301 g/mol. The number of benzene rings is 1. The van der Waals surface area contributed by atoms with Crippen LogP contribution < -0.4 is 10.3 Å². The topological polar surface area (TPSA) is 68.5 Å². The number of carboxylic acids is 1. The smallest absolute Gasteiger partial charge is 0.326 e. The molecule has 0 radical (unpaired) electrons. The standard InChI is InChI=1S/C17H19NO4/c1-3-14(17(20)21)18-10-6-9-15(16(18)19)22-11-13-8-5-4-7-12(13)2/h4-10,14H,3,11H2,1-2H3,(H,20,21). The Morgan fingerprint density at radius 1 is 1.27 bits per heavy atom. The summed E-state index contributed by atoms with van der Waals surface area (Å²) < 4.78 is 6.80. The van der Waals surface area contributed by atoms with Gasteiger partial charge in [-0.3, -0.25) is 9.36 Å². The van der Waals surface area contributed by atoms with Gasteiger partial charge in [0.2, 0.25) is 0 Å². The molecule has 22 heavy (non-hydrogen) atoms. The van der Waals surface area contributed by atoms with Gasteiger partial charge in [0.15, 0.2) is 5.75 Å². The predicted molar refractivity (Wildman–Crippen MR) is 83.2 cm³/mol. The van der Waals surface area contributed by atoms with Crippen LogP contribution in [0, 0.1) is 6.92 Å². The van der Waals surface area contributed by atoms with Crippen molar-refractivity contribution in [2.75, 3.05) is 0 Å². The minimum absolute atomic E-state index is 0.158. The lowest BCUT2D eigenvalue weighted by Gasteiger charge is -2.15. The largest absolute Gasteiger partial charge is 0.483 e. The van der Waals surface area contributed by atoms with Crippen molar-refractivity contribution in [2.24, 2.45) is 0 Å². The van der Waals surface area contributed by atoms with Crippen LogP contribution in [0.25, 0.3) is 0 Å². The Balaban J connectivity index is 2.24. The van der Waals surface area contributed by atoms with E-state index in [0.29, 0.717) is 6.42 Å². The number of pyridine rings is 1. The fraction of sp³-hybridized carbons (Fsp3) is 0.294. The van der Waals surface area contributed by atoms with Crippen molar-refractivity contribution in [1.29, 1.82) is 0 Å². The van der Waals surface area contributed by atoms with Gasteiger partial charge < -0.3 is 9.84 Å². The lowest BCUT2D eigenvalue weighted by Crippen LogP contribution is -2.29. The van der Waals surface area contributed by atoms with Gasteiger partial charge in [0.1, 0.15) is 12.6 Å². The van der Waals surface area contributed by atoms with Crippen LogP contribution in [0.15, 0.2) is 47.4 Å². The maximum Gasteiger partial charge on any atom is 0.326 e. The zero-order valence-electron chi connectivity index (χ0n) is 12.7. The van der Waals surface area contributed by atoms with Crippen molar-refractivity contribution in [3.63, 3.8) is 0 Å². The Bertz CT molecular complexity index is 721. The minimum Gasteiger partial charge on any atom is -0.483 e. The molecule has 1 heterocycles. The van der Waals surface area contributed by atoms with Gasteiger partial charge in [0.05, 0.1) is 0 Å². The van der Waals surface area contributed by atoms with Gasteiger partial charge in [0, 0.05) is 6.20 Å². The highest BCUT2D eigenvalue weighted by atomic mass is 16.5. The molecule has 0 saturated heterocycles. The van der Waals surface area contributed by atoms with E-state index in [1.165, 1.54) is 10.8 Å².